The van der Waals surface area contributed by atoms with Gasteiger partial charge in [0.05, 0.1) is 6.61 Å². The van der Waals surface area contributed by atoms with Crippen LogP contribution in [0.25, 0.3) is 0 Å². The SMILES string of the molecule is O=C[C@H](O)[C@@H](O)[C@H](O)[C@H](O)CO.O=P([O-])([O-])[O-].[Na+].[Na+].[Na+]. The molecule has 20 heavy (non-hydrogen) atoms. The van der Waals surface area contributed by atoms with E-state index in [9.17, 15) is 4.79 Å². The summed E-state index contributed by atoms with van der Waals surface area (Å²) in [6.45, 7) is -0.760. The Morgan fingerprint density at radius 1 is 0.950 bits per heavy atom. The Hall–Kier alpha value is 2.58. The van der Waals surface area contributed by atoms with E-state index in [1.165, 1.54) is 0 Å². The molecule has 0 aromatic rings. The third kappa shape index (κ3) is 22.9. The van der Waals surface area contributed by atoms with E-state index in [1.54, 1.807) is 0 Å². The maximum atomic E-state index is 9.90. The van der Waals surface area contributed by atoms with E-state index in [1.807, 2.05) is 0 Å². The molecule has 0 aliphatic heterocycles. The second kappa shape index (κ2) is 17.9. The Kier molecular flexibility index (Phi) is 30.5. The van der Waals surface area contributed by atoms with Crippen molar-refractivity contribution in [1.82, 2.24) is 0 Å². The van der Waals surface area contributed by atoms with Gasteiger partial charge in [0.2, 0.25) is 0 Å². The quantitative estimate of drug-likeness (QED) is 0.181. The summed E-state index contributed by atoms with van der Waals surface area (Å²) in [7, 11) is -5.39. The van der Waals surface area contributed by atoms with Gasteiger partial charge in [-0.3, -0.25) is 0 Å². The van der Waals surface area contributed by atoms with Crippen molar-refractivity contribution >= 4 is 14.1 Å². The first kappa shape index (κ1) is 34.0. The van der Waals surface area contributed by atoms with Crippen LogP contribution in [0.4, 0.5) is 0 Å². The van der Waals surface area contributed by atoms with Gasteiger partial charge < -0.3 is 49.6 Å². The van der Waals surface area contributed by atoms with Crippen LogP contribution in [-0.4, -0.2) is 62.8 Å². The van der Waals surface area contributed by atoms with Crippen molar-refractivity contribution in [2.45, 2.75) is 24.4 Å². The van der Waals surface area contributed by atoms with Gasteiger partial charge in [-0.15, -0.1) is 0 Å². The zero-order valence-corrected chi connectivity index (χ0v) is 18.2. The van der Waals surface area contributed by atoms with Crippen LogP contribution in [-0.2, 0) is 9.36 Å². The fourth-order valence-electron chi connectivity index (χ4n) is 0.618. The van der Waals surface area contributed by atoms with Gasteiger partial charge in [0, 0.05) is 0 Å². The Bertz CT molecular complexity index is 255. The molecular weight excluding hydrogens is 332 g/mol. The van der Waals surface area contributed by atoms with E-state index in [4.69, 9.17) is 44.8 Å². The molecule has 5 N–H and O–H groups in total. The summed E-state index contributed by atoms with van der Waals surface area (Å²) in [6, 6.07) is 0. The number of phosphoric acid groups is 1. The number of rotatable bonds is 5. The molecule has 0 aromatic heterocycles. The Balaban J connectivity index is -0.0000000821. The van der Waals surface area contributed by atoms with Crippen LogP contribution in [0.1, 0.15) is 0 Å². The topological polar surface area (TPSA) is 204 Å². The molecule has 0 saturated heterocycles. The summed E-state index contributed by atoms with van der Waals surface area (Å²) in [4.78, 5) is 35.5. The van der Waals surface area contributed by atoms with Crippen molar-refractivity contribution < 1.29 is 138 Å². The first-order valence-electron chi connectivity index (χ1n) is 4.06. The molecule has 0 bridgehead atoms. The molecule has 0 fully saturated rings. The molecule has 0 amide bonds. The molecule has 0 heterocycles. The molecular formula is C6H12Na3O10P. The molecule has 14 heteroatoms. The second-order valence-corrected chi connectivity index (χ2v) is 3.70. The Morgan fingerprint density at radius 2 is 1.25 bits per heavy atom. The van der Waals surface area contributed by atoms with E-state index < -0.39 is 38.8 Å². The number of aliphatic hydroxyl groups excluding tert-OH is 5. The van der Waals surface area contributed by atoms with Gasteiger partial charge in [-0.25, -0.2) is 0 Å². The van der Waals surface area contributed by atoms with Crippen LogP contribution >= 0.6 is 7.82 Å². The summed E-state index contributed by atoms with van der Waals surface area (Å²) in [5.41, 5.74) is 0. The third-order valence-corrected chi connectivity index (χ3v) is 1.42. The minimum absolute atomic E-state index is 0. The normalized spacial score (nSPS) is 15.6. The minimum Gasteiger partial charge on any atom is -0.822 e. The van der Waals surface area contributed by atoms with Gasteiger partial charge in [-0.05, 0) is 0 Å². The van der Waals surface area contributed by atoms with Crippen LogP contribution in [0.2, 0.25) is 0 Å². The zero-order valence-electron chi connectivity index (χ0n) is 11.3. The molecule has 4 atom stereocenters. The number of hydrogen-bond donors (Lipinski definition) is 5. The maximum absolute atomic E-state index is 9.90. The van der Waals surface area contributed by atoms with Gasteiger partial charge >= 0.3 is 88.7 Å². The Morgan fingerprint density at radius 3 is 1.45 bits per heavy atom. The van der Waals surface area contributed by atoms with E-state index in [0.29, 0.717) is 0 Å². The van der Waals surface area contributed by atoms with Gasteiger partial charge in [-0.1, -0.05) is 0 Å². The van der Waals surface area contributed by atoms with Gasteiger partial charge in [0.15, 0.2) is 6.29 Å². The van der Waals surface area contributed by atoms with Crippen LogP contribution in [0.15, 0.2) is 0 Å². The summed E-state index contributed by atoms with van der Waals surface area (Å²) in [5, 5.41) is 43.5. The average Bonchev–Trinajstić information content (AvgIpc) is 2.22. The zero-order chi connectivity index (χ0) is 14.2. The fraction of sp³-hybridized carbons (Fsp3) is 0.833. The summed E-state index contributed by atoms with van der Waals surface area (Å²) in [5.74, 6) is 0. The molecule has 0 aliphatic rings. The average molecular weight is 344 g/mol. The third-order valence-electron chi connectivity index (χ3n) is 1.42. The standard InChI is InChI=1S/C6H12O6.3Na.H3O4P/c7-1-3(9)5(11)6(12)4(10)2-8;;;;1-5(2,3)4/h1,3-6,8-12H,2H2;;;;(H3,1,2,3,4)/q;3*+1;/p-3/t3-,4+,5+,6+;;;;/m0..../s1. The molecule has 0 aromatic carbocycles. The number of aldehydes is 1. The second-order valence-electron chi connectivity index (χ2n) is 2.80. The molecule has 10 nitrogen and oxygen atoms in total. The molecule has 0 spiro atoms. The summed E-state index contributed by atoms with van der Waals surface area (Å²) >= 11 is 0. The Labute approximate surface area is 181 Å². The van der Waals surface area contributed by atoms with E-state index >= 15 is 0 Å². The molecule has 0 unspecified atom stereocenters. The first-order chi connectivity index (χ1) is 7.54. The van der Waals surface area contributed by atoms with E-state index in [2.05, 4.69) is 0 Å². The van der Waals surface area contributed by atoms with Crippen molar-refractivity contribution in [3.05, 3.63) is 0 Å². The van der Waals surface area contributed by atoms with Crippen molar-refractivity contribution in [2.75, 3.05) is 6.61 Å². The number of aliphatic hydroxyl groups is 5. The molecule has 0 saturated carbocycles. The van der Waals surface area contributed by atoms with Crippen molar-refractivity contribution in [1.29, 1.82) is 0 Å². The van der Waals surface area contributed by atoms with Gasteiger partial charge in [0.25, 0.3) is 0 Å². The molecule has 104 valence electrons. The van der Waals surface area contributed by atoms with Gasteiger partial charge in [0.1, 0.15) is 24.4 Å². The predicted molar refractivity (Wildman–Crippen MR) is 44.8 cm³/mol. The molecule has 0 rings (SSSR count). The monoisotopic (exact) mass is 344 g/mol. The number of carbonyl (C=O) groups is 1. The summed E-state index contributed by atoms with van der Waals surface area (Å²) < 4.78 is 8.55. The number of carbonyl (C=O) groups excluding carboxylic acids is 1. The minimum atomic E-state index is -5.39. The number of hydrogen-bond acceptors (Lipinski definition) is 10. The van der Waals surface area contributed by atoms with Crippen molar-refractivity contribution in [2.24, 2.45) is 0 Å². The maximum Gasteiger partial charge on any atom is 1.00 e. The van der Waals surface area contributed by atoms with Gasteiger partial charge in [-0.2, -0.15) is 7.82 Å². The first-order valence-corrected chi connectivity index (χ1v) is 5.52. The predicted octanol–water partition coefficient (Wildman–Crippen LogP) is -15.2. The van der Waals surface area contributed by atoms with Crippen LogP contribution in [0, 0.1) is 0 Å². The van der Waals surface area contributed by atoms with E-state index in [0.717, 1.165) is 0 Å². The fourth-order valence-corrected chi connectivity index (χ4v) is 0.618. The van der Waals surface area contributed by atoms with Crippen molar-refractivity contribution in [3.8, 4) is 0 Å². The van der Waals surface area contributed by atoms with Crippen LogP contribution in [0.5, 0.6) is 0 Å². The smallest absolute Gasteiger partial charge is 0.822 e. The molecule has 0 aliphatic carbocycles. The molecule has 0 radical (unpaired) electrons. The van der Waals surface area contributed by atoms with Crippen LogP contribution < -0.4 is 103 Å². The summed E-state index contributed by atoms with van der Waals surface area (Å²) in [6.07, 6.45) is -6.84. The van der Waals surface area contributed by atoms with E-state index in [-0.39, 0.29) is 95.0 Å². The van der Waals surface area contributed by atoms with Crippen molar-refractivity contribution in [3.63, 3.8) is 0 Å². The largest absolute Gasteiger partial charge is 1.00 e. The van der Waals surface area contributed by atoms with Crippen LogP contribution in [0.3, 0.4) is 0 Å².